The van der Waals surface area contributed by atoms with Crippen LogP contribution < -0.4 is 4.74 Å². The Morgan fingerprint density at radius 1 is 1.36 bits per heavy atom. The van der Waals surface area contributed by atoms with E-state index < -0.39 is 0 Å². The van der Waals surface area contributed by atoms with Crippen molar-refractivity contribution in [2.75, 3.05) is 20.3 Å². The van der Waals surface area contributed by atoms with Crippen molar-refractivity contribution < 1.29 is 9.47 Å². The molecule has 0 radical (unpaired) electrons. The highest BCUT2D eigenvalue weighted by molar-refractivity contribution is 7.08. The molecule has 0 saturated heterocycles. The molecule has 0 aliphatic heterocycles. The summed E-state index contributed by atoms with van der Waals surface area (Å²) in [5, 5.41) is 4.08. The zero-order valence-electron chi connectivity index (χ0n) is 6.79. The number of thiophene rings is 1. The first kappa shape index (κ1) is 8.56. The lowest BCUT2D eigenvalue weighted by Crippen LogP contribution is -2.03. The van der Waals surface area contributed by atoms with Crippen molar-refractivity contribution in [1.29, 1.82) is 0 Å². The molecule has 0 N–H and O–H groups in total. The molecule has 1 heterocycles. The molecule has 0 fully saturated rings. The summed E-state index contributed by atoms with van der Waals surface area (Å²) in [4.78, 5) is 0. The summed E-state index contributed by atoms with van der Waals surface area (Å²) in [7, 11) is 1.67. The van der Waals surface area contributed by atoms with Gasteiger partial charge in [-0.15, -0.1) is 11.3 Å². The summed E-state index contributed by atoms with van der Waals surface area (Å²) < 4.78 is 10.3. The van der Waals surface area contributed by atoms with E-state index in [0.717, 1.165) is 5.75 Å². The molecule has 0 aliphatic rings. The molecule has 0 unspecified atom stereocenters. The predicted octanol–water partition coefficient (Wildman–Crippen LogP) is 2.08. The van der Waals surface area contributed by atoms with Crippen LogP contribution in [0.1, 0.15) is 5.56 Å². The van der Waals surface area contributed by atoms with Crippen molar-refractivity contribution >= 4 is 11.3 Å². The van der Waals surface area contributed by atoms with Crippen LogP contribution in [0.2, 0.25) is 0 Å². The Bertz CT molecular complexity index is 208. The smallest absolute Gasteiger partial charge is 0.132 e. The van der Waals surface area contributed by atoms with Gasteiger partial charge in [-0.3, -0.25) is 0 Å². The normalized spacial score (nSPS) is 10.0. The minimum absolute atomic E-state index is 0.633. The van der Waals surface area contributed by atoms with E-state index in [1.807, 2.05) is 12.3 Å². The van der Waals surface area contributed by atoms with Crippen LogP contribution in [-0.4, -0.2) is 20.3 Å². The average Bonchev–Trinajstić information content (AvgIpc) is 2.37. The van der Waals surface area contributed by atoms with E-state index in [9.17, 15) is 0 Å². The highest BCUT2D eigenvalue weighted by Crippen LogP contribution is 2.21. The maximum atomic E-state index is 5.40. The lowest BCUT2D eigenvalue weighted by molar-refractivity contribution is 0.146. The Morgan fingerprint density at radius 3 is 2.73 bits per heavy atom. The summed E-state index contributed by atoms with van der Waals surface area (Å²) in [6.07, 6.45) is 0. The number of rotatable bonds is 4. The van der Waals surface area contributed by atoms with E-state index >= 15 is 0 Å². The Morgan fingerprint density at radius 2 is 2.18 bits per heavy atom. The van der Waals surface area contributed by atoms with Gasteiger partial charge in [0.25, 0.3) is 0 Å². The average molecular weight is 172 g/mol. The number of hydrogen-bond acceptors (Lipinski definition) is 3. The maximum Gasteiger partial charge on any atom is 0.132 e. The third-order valence-electron chi connectivity index (χ3n) is 1.35. The summed E-state index contributed by atoms with van der Waals surface area (Å²) in [6.45, 7) is 3.32. The molecule has 0 aliphatic carbocycles. The molecule has 0 bridgehead atoms. The van der Waals surface area contributed by atoms with Crippen LogP contribution in [0, 0.1) is 6.92 Å². The summed E-state index contributed by atoms with van der Waals surface area (Å²) in [5.74, 6) is 0.979. The van der Waals surface area contributed by atoms with E-state index in [0.29, 0.717) is 13.2 Å². The zero-order chi connectivity index (χ0) is 8.10. The fourth-order valence-corrected chi connectivity index (χ4v) is 1.50. The lowest BCUT2D eigenvalue weighted by atomic mass is 10.4. The quantitative estimate of drug-likeness (QED) is 0.647. The Kier molecular flexibility index (Phi) is 3.39. The van der Waals surface area contributed by atoms with Crippen molar-refractivity contribution in [2.24, 2.45) is 0 Å². The molecule has 0 saturated carbocycles. The van der Waals surface area contributed by atoms with Gasteiger partial charge < -0.3 is 9.47 Å². The van der Waals surface area contributed by atoms with E-state index in [2.05, 4.69) is 5.38 Å². The fraction of sp³-hybridized carbons (Fsp3) is 0.500. The van der Waals surface area contributed by atoms with Crippen molar-refractivity contribution in [2.45, 2.75) is 6.92 Å². The monoisotopic (exact) mass is 172 g/mol. The SMILES string of the molecule is COCCOc1cscc1C. The van der Waals surface area contributed by atoms with Gasteiger partial charge in [0.2, 0.25) is 0 Å². The van der Waals surface area contributed by atoms with E-state index in [1.54, 1.807) is 18.4 Å². The van der Waals surface area contributed by atoms with Gasteiger partial charge in [0.05, 0.1) is 6.61 Å². The molecular formula is C8H12O2S. The molecule has 3 heteroatoms. The number of methoxy groups -OCH3 is 1. The lowest BCUT2D eigenvalue weighted by Gasteiger charge is -2.03. The van der Waals surface area contributed by atoms with Gasteiger partial charge >= 0.3 is 0 Å². The standard InChI is InChI=1S/C8H12O2S/c1-7-5-11-6-8(7)10-4-3-9-2/h5-6H,3-4H2,1-2H3. The molecule has 11 heavy (non-hydrogen) atoms. The van der Waals surface area contributed by atoms with Gasteiger partial charge in [-0.1, -0.05) is 0 Å². The Labute approximate surface area is 70.8 Å². The maximum absolute atomic E-state index is 5.40. The summed E-state index contributed by atoms with van der Waals surface area (Å²) >= 11 is 1.66. The van der Waals surface area contributed by atoms with Crippen LogP contribution in [-0.2, 0) is 4.74 Å². The predicted molar refractivity (Wildman–Crippen MR) is 46.4 cm³/mol. The molecule has 0 amide bonds. The van der Waals surface area contributed by atoms with Gasteiger partial charge in [0.1, 0.15) is 12.4 Å². The Hall–Kier alpha value is -0.540. The van der Waals surface area contributed by atoms with Crippen LogP contribution >= 0.6 is 11.3 Å². The van der Waals surface area contributed by atoms with Crippen molar-refractivity contribution in [3.63, 3.8) is 0 Å². The van der Waals surface area contributed by atoms with Crippen molar-refractivity contribution in [3.05, 3.63) is 16.3 Å². The molecule has 1 rings (SSSR count). The minimum atomic E-state index is 0.633. The third-order valence-corrected chi connectivity index (χ3v) is 2.19. The zero-order valence-corrected chi connectivity index (χ0v) is 7.61. The number of hydrogen-bond donors (Lipinski definition) is 0. The number of ether oxygens (including phenoxy) is 2. The summed E-state index contributed by atoms with van der Waals surface area (Å²) in [6, 6.07) is 0. The molecular weight excluding hydrogens is 160 g/mol. The molecule has 0 atom stereocenters. The van der Waals surface area contributed by atoms with Gasteiger partial charge in [0, 0.05) is 18.1 Å². The molecule has 2 nitrogen and oxygen atoms in total. The largest absolute Gasteiger partial charge is 0.490 e. The number of aryl methyl sites for hydroxylation is 1. The van der Waals surface area contributed by atoms with Gasteiger partial charge in [-0.25, -0.2) is 0 Å². The molecule has 1 aromatic rings. The van der Waals surface area contributed by atoms with Crippen LogP contribution in [0.4, 0.5) is 0 Å². The first-order valence-corrected chi connectivity index (χ1v) is 4.43. The molecule has 62 valence electrons. The van der Waals surface area contributed by atoms with Crippen molar-refractivity contribution in [1.82, 2.24) is 0 Å². The highest BCUT2D eigenvalue weighted by atomic mass is 32.1. The minimum Gasteiger partial charge on any atom is -0.490 e. The van der Waals surface area contributed by atoms with E-state index in [1.165, 1.54) is 5.56 Å². The van der Waals surface area contributed by atoms with Gasteiger partial charge in [0.15, 0.2) is 0 Å². The van der Waals surface area contributed by atoms with Crippen molar-refractivity contribution in [3.8, 4) is 5.75 Å². The van der Waals surface area contributed by atoms with Crippen LogP contribution in [0.25, 0.3) is 0 Å². The summed E-state index contributed by atoms with van der Waals surface area (Å²) in [5.41, 5.74) is 1.20. The first-order valence-electron chi connectivity index (χ1n) is 3.49. The molecule has 0 spiro atoms. The van der Waals surface area contributed by atoms with Gasteiger partial charge in [-0.2, -0.15) is 0 Å². The fourth-order valence-electron chi connectivity index (χ4n) is 0.732. The second kappa shape index (κ2) is 4.36. The topological polar surface area (TPSA) is 18.5 Å². The second-order valence-corrected chi connectivity index (χ2v) is 3.00. The van der Waals surface area contributed by atoms with E-state index in [-0.39, 0.29) is 0 Å². The highest BCUT2D eigenvalue weighted by Gasteiger charge is 1.97. The van der Waals surface area contributed by atoms with Crippen LogP contribution in [0.3, 0.4) is 0 Å². The molecule has 0 aromatic carbocycles. The first-order chi connectivity index (χ1) is 5.34. The van der Waals surface area contributed by atoms with Crippen LogP contribution in [0.15, 0.2) is 10.8 Å². The third kappa shape index (κ3) is 2.52. The van der Waals surface area contributed by atoms with E-state index in [4.69, 9.17) is 9.47 Å². The molecule has 1 aromatic heterocycles. The van der Waals surface area contributed by atoms with Gasteiger partial charge in [-0.05, 0) is 12.3 Å². The van der Waals surface area contributed by atoms with Crippen LogP contribution in [0.5, 0.6) is 5.75 Å². The Balaban J connectivity index is 2.32. The second-order valence-electron chi connectivity index (χ2n) is 2.26.